The molecule has 0 aliphatic carbocycles. The molecule has 0 saturated carbocycles. The number of allylic oxidation sites excluding steroid dienone is 1. The first-order chi connectivity index (χ1) is 10.1. The Bertz CT molecular complexity index is 752. The van der Waals surface area contributed by atoms with Crippen molar-refractivity contribution < 1.29 is 9.49 Å². The van der Waals surface area contributed by atoms with Crippen molar-refractivity contribution in [2.24, 2.45) is 0 Å². The van der Waals surface area contributed by atoms with Gasteiger partial charge in [-0.2, -0.15) is 5.26 Å². The average molecular weight is 279 g/mol. The number of hydrogen-bond acceptors (Lipinski definition) is 4. The fourth-order valence-electron chi connectivity index (χ4n) is 1.85. The molecule has 0 bridgehead atoms. The number of rotatable bonds is 4. The van der Waals surface area contributed by atoms with Gasteiger partial charge in [-0.05, 0) is 17.5 Å². The molecule has 21 heavy (non-hydrogen) atoms. The van der Waals surface area contributed by atoms with Gasteiger partial charge in [-0.25, -0.2) is 0 Å². The summed E-state index contributed by atoms with van der Waals surface area (Å²) in [4.78, 5) is 10.2. The summed E-state index contributed by atoms with van der Waals surface area (Å²) in [6, 6.07) is 11.9. The molecule has 0 fully saturated rings. The Balaban J connectivity index is 2.15. The quantitative estimate of drug-likeness (QED) is 0.305. The van der Waals surface area contributed by atoms with Gasteiger partial charge in [0.1, 0.15) is 0 Å². The van der Waals surface area contributed by atoms with Gasteiger partial charge in [0.15, 0.2) is 18.5 Å². The summed E-state index contributed by atoms with van der Waals surface area (Å²) in [5.74, 6) is 2.06. The minimum Gasteiger partial charge on any atom is -0.258 e. The van der Waals surface area contributed by atoms with Crippen LogP contribution in [-0.2, 0) is 6.42 Å². The lowest BCUT2D eigenvalue weighted by Crippen LogP contribution is -2.30. The minimum absolute atomic E-state index is 0.0689. The highest BCUT2D eigenvalue weighted by Gasteiger charge is 2.09. The third kappa shape index (κ3) is 3.38. The highest BCUT2D eigenvalue weighted by molar-refractivity contribution is 5.80. The van der Waals surface area contributed by atoms with Crippen LogP contribution in [0.4, 0.5) is 5.69 Å². The number of pyridine rings is 1. The van der Waals surface area contributed by atoms with E-state index in [9.17, 15) is 10.1 Å². The van der Waals surface area contributed by atoms with Crippen LogP contribution in [0.1, 0.15) is 11.1 Å². The second-order valence-corrected chi connectivity index (χ2v) is 4.30. The minimum atomic E-state index is -0.428. The van der Waals surface area contributed by atoms with Crippen LogP contribution in [0.3, 0.4) is 0 Å². The number of aromatic nitrogens is 1. The Morgan fingerprint density at radius 3 is 2.24 bits per heavy atom. The van der Waals surface area contributed by atoms with Crippen molar-refractivity contribution in [2.75, 3.05) is 0 Å². The topological polar surface area (TPSA) is 94.7 Å². The molecule has 0 saturated heterocycles. The first-order valence-electron chi connectivity index (χ1n) is 6.07. The summed E-state index contributed by atoms with van der Waals surface area (Å²) >= 11 is 0. The van der Waals surface area contributed by atoms with Gasteiger partial charge in [0.25, 0.3) is 5.69 Å². The second-order valence-electron chi connectivity index (χ2n) is 4.30. The summed E-state index contributed by atoms with van der Waals surface area (Å²) in [6.45, 7) is 0. The molecule has 0 unspecified atom stereocenters. The summed E-state index contributed by atoms with van der Waals surface area (Å²) in [7, 11) is 0. The van der Waals surface area contributed by atoms with E-state index in [1.54, 1.807) is 24.5 Å². The number of benzene rings is 1. The molecule has 0 radical (unpaired) electrons. The van der Waals surface area contributed by atoms with Crippen LogP contribution in [-0.4, -0.2) is 10.8 Å². The van der Waals surface area contributed by atoms with E-state index in [-0.39, 0.29) is 11.4 Å². The largest absolute Gasteiger partial charge is 0.351 e. The lowest BCUT2D eigenvalue weighted by atomic mass is 10.1. The van der Waals surface area contributed by atoms with Gasteiger partial charge in [0, 0.05) is 24.3 Å². The fraction of sp³-hybridized carbons (Fsp3) is 0.0667. The van der Waals surface area contributed by atoms with E-state index in [4.69, 9.17) is 10.7 Å². The van der Waals surface area contributed by atoms with Gasteiger partial charge < -0.3 is 0 Å². The molecule has 0 aliphatic rings. The molecule has 0 amide bonds. The number of nitro benzene ring substituents is 1. The summed E-state index contributed by atoms with van der Waals surface area (Å²) in [6.07, 6.45) is 4.00. The Morgan fingerprint density at radius 2 is 1.76 bits per heavy atom. The zero-order valence-corrected chi connectivity index (χ0v) is 11.0. The van der Waals surface area contributed by atoms with E-state index < -0.39 is 4.92 Å². The molecule has 1 N–H and O–H groups in total. The maximum absolute atomic E-state index is 10.6. The van der Waals surface area contributed by atoms with Gasteiger partial charge >= 0.3 is 5.70 Å². The van der Waals surface area contributed by atoms with Gasteiger partial charge in [-0.1, -0.05) is 12.1 Å². The molecule has 0 spiro atoms. The van der Waals surface area contributed by atoms with E-state index in [1.165, 1.54) is 16.7 Å². The molecule has 0 aliphatic heterocycles. The van der Waals surface area contributed by atoms with Crippen molar-refractivity contribution in [3.8, 4) is 6.07 Å². The lowest BCUT2D eigenvalue weighted by Gasteiger charge is -2.00. The van der Waals surface area contributed by atoms with Crippen molar-refractivity contribution in [2.45, 2.75) is 6.42 Å². The van der Waals surface area contributed by atoms with Crippen LogP contribution in [0.25, 0.3) is 5.70 Å². The SMILES string of the molecule is N#CC(=C=N)[n+]1ccc(Cc2ccc([N+](=O)[O-])cc2)cc1. The van der Waals surface area contributed by atoms with Crippen molar-refractivity contribution in [1.82, 2.24) is 0 Å². The van der Waals surface area contributed by atoms with E-state index in [1.807, 2.05) is 18.2 Å². The third-order valence-electron chi connectivity index (χ3n) is 2.94. The molecule has 1 aromatic heterocycles. The first kappa shape index (κ1) is 14.1. The molecule has 2 rings (SSSR count). The third-order valence-corrected chi connectivity index (χ3v) is 2.94. The zero-order valence-electron chi connectivity index (χ0n) is 11.0. The predicted molar refractivity (Wildman–Crippen MR) is 75.6 cm³/mol. The molecular formula is C15H11N4O2+. The van der Waals surface area contributed by atoms with Gasteiger partial charge in [0.05, 0.1) is 10.8 Å². The van der Waals surface area contributed by atoms with Gasteiger partial charge in [-0.3, -0.25) is 15.5 Å². The van der Waals surface area contributed by atoms with Crippen LogP contribution in [0, 0.1) is 26.9 Å². The van der Waals surface area contributed by atoms with Crippen molar-refractivity contribution >= 4 is 17.3 Å². The Kier molecular flexibility index (Phi) is 4.20. The average Bonchev–Trinajstić information content (AvgIpc) is 2.51. The van der Waals surface area contributed by atoms with Crippen LogP contribution in [0.2, 0.25) is 0 Å². The maximum atomic E-state index is 10.6. The number of hydrogen-bond donors (Lipinski definition) is 1. The zero-order chi connectivity index (χ0) is 15.2. The first-order valence-corrected chi connectivity index (χ1v) is 6.07. The monoisotopic (exact) mass is 279 g/mol. The van der Waals surface area contributed by atoms with Gasteiger partial charge in [0.2, 0.25) is 0 Å². The number of nitro groups is 1. The van der Waals surface area contributed by atoms with Crippen LogP contribution in [0.5, 0.6) is 0 Å². The van der Waals surface area contributed by atoms with Crippen LogP contribution >= 0.6 is 0 Å². The molecular weight excluding hydrogens is 268 g/mol. The fourth-order valence-corrected chi connectivity index (χ4v) is 1.85. The van der Waals surface area contributed by atoms with E-state index >= 15 is 0 Å². The smallest absolute Gasteiger partial charge is 0.258 e. The highest BCUT2D eigenvalue weighted by Crippen LogP contribution is 2.14. The normalized spacial score (nSPS) is 9.48. The number of nitriles is 1. The molecule has 6 nitrogen and oxygen atoms in total. The van der Waals surface area contributed by atoms with Crippen LogP contribution in [0.15, 0.2) is 48.8 Å². The molecule has 0 atom stereocenters. The Morgan fingerprint density at radius 1 is 1.19 bits per heavy atom. The number of nitrogens with zero attached hydrogens (tertiary/aromatic N) is 3. The van der Waals surface area contributed by atoms with E-state index in [0.29, 0.717) is 6.42 Å². The molecule has 1 heterocycles. The number of nitrogens with one attached hydrogen (secondary N) is 1. The number of non-ortho nitro benzene ring substituents is 1. The van der Waals surface area contributed by atoms with Crippen LogP contribution < -0.4 is 4.57 Å². The maximum Gasteiger partial charge on any atom is 0.351 e. The van der Waals surface area contributed by atoms with Crippen molar-refractivity contribution in [1.29, 1.82) is 10.7 Å². The summed E-state index contributed by atoms with van der Waals surface area (Å²) in [5, 5.41) is 26.4. The summed E-state index contributed by atoms with van der Waals surface area (Å²) < 4.78 is 1.51. The summed E-state index contributed by atoms with van der Waals surface area (Å²) in [5.41, 5.74) is 2.14. The lowest BCUT2D eigenvalue weighted by molar-refractivity contribution is -0.576. The standard InChI is InChI=1S/C15H11N4O2/c16-10-15(11-17)18-7-5-13(6-8-18)9-12-1-3-14(4-2-12)19(20)21/h1-8,16H,9H2/q+1. The molecule has 1 aromatic carbocycles. The molecule has 2 aromatic rings. The molecule has 102 valence electrons. The second kappa shape index (κ2) is 6.24. The molecule has 6 heteroatoms. The highest BCUT2D eigenvalue weighted by atomic mass is 16.6. The van der Waals surface area contributed by atoms with Crippen molar-refractivity contribution in [3.63, 3.8) is 0 Å². The Hall–Kier alpha value is -3.29. The Labute approximate surface area is 120 Å². The van der Waals surface area contributed by atoms with Gasteiger partial charge in [-0.15, -0.1) is 4.57 Å². The van der Waals surface area contributed by atoms with E-state index in [2.05, 4.69) is 5.87 Å². The van der Waals surface area contributed by atoms with Crippen molar-refractivity contribution in [3.05, 3.63) is 70.0 Å². The predicted octanol–water partition coefficient (Wildman–Crippen LogP) is 2.09. The van der Waals surface area contributed by atoms with E-state index in [0.717, 1.165) is 11.1 Å².